The second kappa shape index (κ2) is 5.94. The van der Waals surface area contributed by atoms with Crippen LogP contribution in [0.1, 0.15) is 35.2 Å². The highest BCUT2D eigenvalue weighted by molar-refractivity contribution is 5.49. The number of nitrogens with two attached hydrogens (primary N) is 1. The van der Waals surface area contributed by atoms with Crippen molar-refractivity contribution in [3.05, 3.63) is 58.4 Å². The predicted molar refractivity (Wildman–Crippen MR) is 79.7 cm³/mol. The van der Waals surface area contributed by atoms with E-state index >= 15 is 0 Å². The molecule has 0 spiro atoms. The molecular formula is C17H17FN2O. The van der Waals surface area contributed by atoms with Crippen LogP contribution in [0.15, 0.2) is 30.3 Å². The number of nitriles is 1. The van der Waals surface area contributed by atoms with E-state index in [1.807, 2.05) is 13.8 Å². The van der Waals surface area contributed by atoms with Gasteiger partial charge in [-0.05, 0) is 61.7 Å². The average molecular weight is 284 g/mol. The highest BCUT2D eigenvalue weighted by atomic mass is 19.1. The van der Waals surface area contributed by atoms with E-state index in [-0.39, 0.29) is 11.8 Å². The third-order valence-electron chi connectivity index (χ3n) is 3.28. The number of benzene rings is 2. The Hall–Kier alpha value is -2.38. The number of hydrogen-bond donors (Lipinski definition) is 1. The molecule has 4 heteroatoms. The lowest BCUT2D eigenvalue weighted by Gasteiger charge is -2.14. The minimum atomic E-state index is -0.451. The summed E-state index contributed by atoms with van der Waals surface area (Å²) in [6.07, 6.45) is 0. The lowest BCUT2D eigenvalue weighted by Crippen LogP contribution is -2.05. The van der Waals surface area contributed by atoms with Crippen LogP contribution in [0, 0.1) is 31.0 Å². The molecule has 1 unspecified atom stereocenters. The van der Waals surface area contributed by atoms with Gasteiger partial charge in [0.2, 0.25) is 0 Å². The Morgan fingerprint density at radius 2 is 1.81 bits per heavy atom. The van der Waals surface area contributed by atoms with Crippen LogP contribution < -0.4 is 10.5 Å². The Labute approximate surface area is 123 Å². The fraction of sp³-hybridized carbons (Fsp3) is 0.235. The van der Waals surface area contributed by atoms with Gasteiger partial charge >= 0.3 is 0 Å². The molecule has 108 valence electrons. The van der Waals surface area contributed by atoms with Gasteiger partial charge in [0.05, 0.1) is 11.6 Å². The summed E-state index contributed by atoms with van der Waals surface area (Å²) in [5.74, 6) is 0.268. The van der Waals surface area contributed by atoms with Crippen LogP contribution in [-0.4, -0.2) is 0 Å². The SMILES string of the molecule is Cc1cc(C#N)cc(C)c1Oc1ccc(C(C)N)cc1F. The molecule has 0 saturated heterocycles. The molecule has 0 aliphatic carbocycles. The van der Waals surface area contributed by atoms with E-state index in [1.54, 1.807) is 31.2 Å². The quantitative estimate of drug-likeness (QED) is 0.922. The molecule has 2 aromatic carbocycles. The molecule has 0 aliphatic heterocycles. The maximum Gasteiger partial charge on any atom is 0.166 e. The fourth-order valence-electron chi connectivity index (χ4n) is 2.17. The third kappa shape index (κ3) is 3.21. The standard InChI is InChI=1S/C17H17FN2O/c1-10-6-13(9-19)7-11(2)17(10)21-16-5-4-14(12(3)20)8-15(16)18/h4-8,12H,20H2,1-3H3. The zero-order chi connectivity index (χ0) is 15.6. The van der Waals surface area contributed by atoms with E-state index in [4.69, 9.17) is 15.7 Å². The van der Waals surface area contributed by atoms with Crippen molar-refractivity contribution in [3.63, 3.8) is 0 Å². The summed E-state index contributed by atoms with van der Waals surface area (Å²) >= 11 is 0. The second-order valence-corrected chi connectivity index (χ2v) is 5.13. The molecule has 1 atom stereocenters. The van der Waals surface area contributed by atoms with Gasteiger partial charge in [0.15, 0.2) is 11.6 Å². The van der Waals surface area contributed by atoms with Gasteiger partial charge in [-0.25, -0.2) is 4.39 Å². The van der Waals surface area contributed by atoms with E-state index in [1.165, 1.54) is 6.07 Å². The molecule has 3 nitrogen and oxygen atoms in total. The lowest BCUT2D eigenvalue weighted by molar-refractivity contribution is 0.436. The number of rotatable bonds is 3. The molecule has 0 amide bonds. The molecular weight excluding hydrogens is 267 g/mol. The number of hydrogen-bond acceptors (Lipinski definition) is 3. The maximum absolute atomic E-state index is 14.1. The Morgan fingerprint density at radius 1 is 1.19 bits per heavy atom. The van der Waals surface area contributed by atoms with E-state index in [2.05, 4.69) is 6.07 Å². The lowest BCUT2D eigenvalue weighted by atomic mass is 10.1. The Kier molecular flexibility index (Phi) is 4.25. The Morgan fingerprint density at radius 3 is 2.29 bits per heavy atom. The van der Waals surface area contributed by atoms with Gasteiger partial charge in [-0.1, -0.05) is 6.07 Å². The fourth-order valence-corrected chi connectivity index (χ4v) is 2.17. The topological polar surface area (TPSA) is 59.0 Å². The van der Waals surface area contributed by atoms with Crippen molar-refractivity contribution in [2.75, 3.05) is 0 Å². The van der Waals surface area contributed by atoms with Gasteiger partial charge in [0.1, 0.15) is 5.75 Å². The highest BCUT2D eigenvalue weighted by Gasteiger charge is 2.12. The summed E-state index contributed by atoms with van der Waals surface area (Å²) in [5.41, 5.74) is 8.59. The van der Waals surface area contributed by atoms with Crippen molar-refractivity contribution < 1.29 is 9.13 Å². The molecule has 0 aromatic heterocycles. The minimum absolute atomic E-state index is 0.148. The zero-order valence-electron chi connectivity index (χ0n) is 12.3. The number of nitrogens with zero attached hydrogens (tertiary/aromatic N) is 1. The van der Waals surface area contributed by atoms with Gasteiger partial charge in [-0.15, -0.1) is 0 Å². The maximum atomic E-state index is 14.1. The zero-order valence-corrected chi connectivity index (χ0v) is 12.3. The average Bonchev–Trinajstić information content (AvgIpc) is 2.43. The summed E-state index contributed by atoms with van der Waals surface area (Å²) in [7, 11) is 0. The van der Waals surface area contributed by atoms with E-state index in [9.17, 15) is 4.39 Å². The predicted octanol–water partition coefficient (Wildman–Crippen LogP) is 4.13. The third-order valence-corrected chi connectivity index (χ3v) is 3.28. The first-order chi connectivity index (χ1) is 9.92. The molecule has 0 aliphatic rings. The first-order valence-electron chi connectivity index (χ1n) is 6.66. The molecule has 2 rings (SSSR count). The largest absolute Gasteiger partial charge is 0.454 e. The molecule has 0 saturated carbocycles. The second-order valence-electron chi connectivity index (χ2n) is 5.13. The molecule has 0 radical (unpaired) electrons. The van der Waals surface area contributed by atoms with Gasteiger partial charge in [0, 0.05) is 6.04 Å². The molecule has 2 aromatic rings. The van der Waals surface area contributed by atoms with Gasteiger partial charge < -0.3 is 10.5 Å². The molecule has 0 fully saturated rings. The van der Waals surface area contributed by atoms with Crippen LogP contribution in [0.3, 0.4) is 0 Å². The van der Waals surface area contributed by atoms with Crippen LogP contribution in [0.2, 0.25) is 0 Å². The first kappa shape index (κ1) is 15.0. The van der Waals surface area contributed by atoms with Crippen LogP contribution in [0.5, 0.6) is 11.5 Å². The Balaban J connectivity index is 2.37. The summed E-state index contributed by atoms with van der Waals surface area (Å²) in [6, 6.07) is 10.0. The van der Waals surface area contributed by atoms with Gasteiger partial charge in [-0.3, -0.25) is 0 Å². The highest BCUT2D eigenvalue weighted by Crippen LogP contribution is 2.32. The van der Waals surface area contributed by atoms with Crippen LogP contribution in [0.4, 0.5) is 4.39 Å². The number of aryl methyl sites for hydroxylation is 2. The van der Waals surface area contributed by atoms with Crippen molar-refractivity contribution in [2.45, 2.75) is 26.8 Å². The number of halogens is 1. The normalized spacial score (nSPS) is 11.8. The molecule has 0 bridgehead atoms. The minimum Gasteiger partial charge on any atom is -0.454 e. The van der Waals surface area contributed by atoms with Crippen molar-refractivity contribution in [2.24, 2.45) is 5.73 Å². The summed E-state index contributed by atoms with van der Waals surface area (Å²) in [6.45, 7) is 5.46. The van der Waals surface area contributed by atoms with Crippen LogP contribution >= 0.6 is 0 Å². The van der Waals surface area contributed by atoms with Crippen molar-refractivity contribution in [1.29, 1.82) is 5.26 Å². The van der Waals surface area contributed by atoms with Crippen LogP contribution in [0.25, 0.3) is 0 Å². The van der Waals surface area contributed by atoms with E-state index in [0.717, 1.165) is 11.1 Å². The summed E-state index contributed by atoms with van der Waals surface area (Å²) < 4.78 is 19.8. The molecule has 2 N–H and O–H groups in total. The first-order valence-corrected chi connectivity index (χ1v) is 6.66. The van der Waals surface area contributed by atoms with Crippen LogP contribution in [-0.2, 0) is 0 Å². The Bertz CT molecular complexity index is 694. The van der Waals surface area contributed by atoms with E-state index < -0.39 is 5.82 Å². The van der Waals surface area contributed by atoms with Crippen molar-refractivity contribution >= 4 is 0 Å². The van der Waals surface area contributed by atoms with Gasteiger partial charge in [0.25, 0.3) is 0 Å². The molecule has 21 heavy (non-hydrogen) atoms. The van der Waals surface area contributed by atoms with Gasteiger partial charge in [-0.2, -0.15) is 5.26 Å². The monoisotopic (exact) mass is 284 g/mol. The summed E-state index contributed by atoms with van der Waals surface area (Å²) in [5, 5.41) is 8.93. The molecule has 0 heterocycles. The summed E-state index contributed by atoms with van der Waals surface area (Å²) in [4.78, 5) is 0. The smallest absolute Gasteiger partial charge is 0.166 e. The van der Waals surface area contributed by atoms with Crippen molar-refractivity contribution in [3.8, 4) is 17.6 Å². The van der Waals surface area contributed by atoms with Crippen molar-refractivity contribution in [1.82, 2.24) is 0 Å². The van der Waals surface area contributed by atoms with E-state index in [0.29, 0.717) is 16.9 Å². The number of ether oxygens (including phenoxy) is 1.